The summed E-state index contributed by atoms with van der Waals surface area (Å²) in [6, 6.07) is 0. The zero-order valence-corrected chi connectivity index (χ0v) is 8.05. The molecule has 2 heterocycles. The Kier molecular flexibility index (Phi) is 4.18. The molecule has 2 aliphatic heterocycles. The van der Waals surface area contributed by atoms with Gasteiger partial charge in [-0.3, -0.25) is 4.99 Å². The molecule has 0 aromatic heterocycles. The van der Waals surface area contributed by atoms with Gasteiger partial charge in [-0.1, -0.05) is 6.42 Å². The van der Waals surface area contributed by atoms with Gasteiger partial charge in [-0.25, -0.2) is 0 Å². The second-order valence-electron chi connectivity index (χ2n) is 3.45. The van der Waals surface area contributed by atoms with Crippen LogP contribution in [0.2, 0.25) is 0 Å². The maximum atomic E-state index is 4.55. The van der Waals surface area contributed by atoms with Gasteiger partial charge in [-0.2, -0.15) is 0 Å². The summed E-state index contributed by atoms with van der Waals surface area (Å²) in [5.74, 6) is 1.40. The van der Waals surface area contributed by atoms with Crippen molar-refractivity contribution < 1.29 is 0 Å². The fraction of sp³-hybridized carbons (Fsp3) is 0.889. The number of fused-ring (bicyclic) bond motifs is 1. The first-order valence-corrected chi connectivity index (χ1v) is 4.75. The fourth-order valence-electron chi connectivity index (χ4n) is 1.94. The van der Waals surface area contributed by atoms with Crippen LogP contribution in [0.15, 0.2) is 4.99 Å². The van der Waals surface area contributed by atoms with E-state index >= 15 is 0 Å². The van der Waals surface area contributed by atoms with E-state index < -0.39 is 0 Å². The number of nitrogens with zero attached hydrogens (tertiary/aromatic N) is 2. The van der Waals surface area contributed by atoms with Gasteiger partial charge >= 0.3 is 0 Å². The molecule has 1 radical (unpaired) electrons. The van der Waals surface area contributed by atoms with Crippen molar-refractivity contribution in [1.82, 2.24) is 4.90 Å². The van der Waals surface area contributed by atoms with Crippen LogP contribution in [-0.2, 0) is 0 Å². The Morgan fingerprint density at radius 1 is 1.00 bits per heavy atom. The first-order chi connectivity index (χ1) is 5.47. The summed E-state index contributed by atoms with van der Waals surface area (Å²) in [5, 5.41) is 0. The molecular formula is C9H16LiN2. The molecule has 0 atom stereocenters. The fourth-order valence-corrected chi connectivity index (χ4v) is 1.94. The number of rotatable bonds is 0. The van der Waals surface area contributed by atoms with E-state index in [1.165, 1.54) is 51.0 Å². The molecule has 1 fully saturated rings. The summed E-state index contributed by atoms with van der Waals surface area (Å²) < 4.78 is 0. The van der Waals surface area contributed by atoms with Gasteiger partial charge < -0.3 is 4.90 Å². The quantitative estimate of drug-likeness (QED) is 0.486. The Morgan fingerprint density at radius 2 is 1.83 bits per heavy atom. The normalized spacial score (nSPS) is 23.3. The summed E-state index contributed by atoms with van der Waals surface area (Å²) >= 11 is 0. The third kappa shape index (κ3) is 2.28. The summed E-state index contributed by atoms with van der Waals surface area (Å²) in [5.41, 5.74) is 0. The van der Waals surface area contributed by atoms with E-state index in [0.29, 0.717) is 0 Å². The van der Waals surface area contributed by atoms with Crippen LogP contribution in [-0.4, -0.2) is 49.2 Å². The Labute approximate surface area is 86.6 Å². The van der Waals surface area contributed by atoms with Gasteiger partial charge in [-0.15, -0.1) is 0 Å². The molecule has 1 saturated heterocycles. The standard InChI is InChI=1S/C9H16N2.Li/c1-2-5-9-10-6-4-8-11(9)7-3-1;/h1-8H2;. The molecule has 0 amide bonds. The van der Waals surface area contributed by atoms with E-state index in [0.717, 1.165) is 6.54 Å². The van der Waals surface area contributed by atoms with Crippen molar-refractivity contribution in [3.05, 3.63) is 0 Å². The van der Waals surface area contributed by atoms with Crippen molar-refractivity contribution in [2.75, 3.05) is 19.6 Å². The molecule has 0 spiro atoms. The van der Waals surface area contributed by atoms with Crippen molar-refractivity contribution >= 4 is 24.7 Å². The van der Waals surface area contributed by atoms with Gasteiger partial charge in [0.05, 0.1) is 5.84 Å². The van der Waals surface area contributed by atoms with Crippen LogP contribution in [0.1, 0.15) is 32.1 Å². The van der Waals surface area contributed by atoms with Crippen LogP contribution in [0.3, 0.4) is 0 Å². The molecule has 2 nitrogen and oxygen atoms in total. The number of hydrogen-bond donors (Lipinski definition) is 0. The molecule has 2 rings (SSSR count). The first kappa shape index (κ1) is 10.2. The van der Waals surface area contributed by atoms with Gasteiger partial charge in [0.1, 0.15) is 0 Å². The predicted molar refractivity (Wildman–Crippen MR) is 52.7 cm³/mol. The number of aliphatic imine (C=N–C) groups is 1. The Morgan fingerprint density at radius 3 is 2.75 bits per heavy atom. The molecule has 12 heavy (non-hydrogen) atoms. The second kappa shape index (κ2) is 4.94. The molecule has 3 heteroatoms. The number of hydrogen-bond acceptors (Lipinski definition) is 2. The van der Waals surface area contributed by atoms with Crippen molar-refractivity contribution in [2.45, 2.75) is 32.1 Å². The van der Waals surface area contributed by atoms with Crippen molar-refractivity contribution in [2.24, 2.45) is 4.99 Å². The van der Waals surface area contributed by atoms with E-state index in [9.17, 15) is 0 Å². The van der Waals surface area contributed by atoms with Gasteiger partial charge in [0, 0.05) is 44.9 Å². The van der Waals surface area contributed by atoms with Crippen LogP contribution in [0.5, 0.6) is 0 Å². The predicted octanol–water partition coefficient (Wildman–Crippen LogP) is 1.28. The Bertz CT molecular complexity index is 168. The largest absolute Gasteiger partial charge is 0.360 e. The van der Waals surface area contributed by atoms with Crippen LogP contribution in [0.25, 0.3) is 0 Å². The molecule has 63 valence electrons. The molecule has 0 N–H and O–H groups in total. The smallest absolute Gasteiger partial charge is 0.0988 e. The third-order valence-electron chi connectivity index (χ3n) is 2.57. The molecule has 0 unspecified atom stereocenters. The molecule has 0 saturated carbocycles. The van der Waals surface area contributed by atoms with E-state index in [1.54, 1.807) is 0 Å². The third-order valence-corrected chi connectivity index (χ3v) is 2.57. The maximum Gasteiger partial charge on any atom is 0.0988 e. The maximum absolute atomic E-state index is 4.55. The molecular weight excluding hydrogens is 143 g/mol. The SMILES string of the molecule is C1CCC2=NCCCN2CC1.[Li]. The van der Waals surface area contributed by atoms with Crippen molar-refractivity contribution in [1.29, 1.82) is 0 Å². The molecule has 0 aliphatic carbocycles. The average Bonchev–Trinajstić information content (AvgIpc) is 2.28. The van der Waals surface area contributed by atoms with Crippen molar-refractivity contribution in [3.63, 3.8) is 0 Å². The summed E-state index contributed by atoms with van der Waals surface area (Å²) in [4.78, 5) is 7.04. The van der Waals surface area contributed by atoms with E-state index in [-0.39, 0.29) is 18.9 Å². The number of amidine groups is 1. The van der Waals surface area contributed by atoms with Crippen LogP contribution >= 0.6 is 0 Å². The Hall–Kier alpha value is 0.0674. The van der Waals surface area contributed by atoms with Gasteiger partial charge in [0.25, 0.3) is 0 Å². The minimum atomic E-state index is 0. The molecule has 0 aromatic rings. The Balaban J connectivity index is 0.000000720. The minimum Gasteiger partial charge on any atom is -0.360 e. The van der Waals surface area contributed by atoms with Crippen LogP contribution in [0, 0.1) is 0 Å². The van der Waals surface area contributed by atoms with Gasteiger partial charge in [-0.05, 0) is 19.3 Å². The zero-order valence-electron chi connectivity index (χ0n) is 8.05. The van der Waals surface area contributed by atoms with Crippen LogP contribution in [0.4, 0.5) is 0 Å². The molecule has 2 aliphatic rings. The summed E-state index contributed by atoms with van der Waals surface area (Å²) in [7, 11) is 0. The topological polar surface area (TPSA) is 15.6 Å². The van der Waals surface area contributed by atoms with Crippen molar-refractivity contribution in [3.8, 4) is 0 Å². The summed E-state index contributed by atoms with van der Waals surface area (Å²) in [6.45, 7) is 3.60. The second-order valence-corrected chi connectivity index (χ2v) is 3.45. The van der Waals surface area contributed by atoms with E-state index in [1.807, 2.05) is 0 Å². The zero-order chi connectivity index (χ0) is 7.52. The monoisotopic (exact) mass is 159 g/mol. The van der Waals surface area contributed by atoms with Gasteiger partial charge in [0.2, 0.25) is 0 Å². The summed E-state index contributed by atoms with van der Waals surface area (Å²) in [6.07, 6.45) is 6.63. The average molecular weight is 159 g/mol. The van der Waals surface area contributed by atoms with Gasteiger partial charge in [0.15, 0.2) is 0 Å². The van der Waals surface area contributed by atoms with E-state index in [4.69, 9.17) is 0 Å². The molecule has 0 bridgehead atoms. The first-order valence-electron chi connectivity index (χ1n) is 4.75. The van der Waals surface area contributed by atoms with Crippen LogP contribution < -0.4 is 0 Å². The minimum absolute atomic E-state index is 0. The van der Waals surface area contributed by atoms with E-state index in [2.05, 4.69) is 9.89 Å². The molecule has 0 aromatic carbocycles.